The van der Waals surface area contributed by atoms with Gasteiger partial charge in [-0.15, -0.1) is 0 Å². The van der Waals surface area contributed by atoms with Gasteiger partial charge in [-0.2, -0.15) is 5.26 Å². The van der Waals surface area contributed by atoms with E-state index in [2.05, 4.69) is 11.4 Å². The smallest absolute Gasteiger partial charge is 0.226 e. The Morgan fingerprint density at radius 1 is 1.00 bits per heavy atom. The maximum absolute atomic E-state index is 12.3. The van der Waals surface area contributed by atoms with E-state index in [1.165, 1.54) is 0 Å². The van der Waals surface area contributed by atoms with Crippen LogP contribution in [0.5, 0.6) is 11.5 Å². The number of rotatable bonds is 7. The lowest BCUT2D eigenvalue weighted by molar-refractivity contribution is -0.116. The van der Waals surface area contributed by atoms with Crippen molar-refractivity contribution in [2.75, 3.05) is 23.8 Å². The second-order valence-electron chi connectivity index (χ2n) is 6.26. The molecule has 5 nitrogen and oxygen atoms in total. The van der Waals surface area contributed by atoms with Crippen LogP contribution < -0.4 is 15.0 Å². The van der Waals surface area contributed by atoms with E-state index in [4.69, 9.17) is 10.00 Å². The van der Waals surface area contributed by atoms with Crippen LogP contribution in [0.15, 0.2) is 78.9 Å². The first-order valence-electron chi connectivity index (χ1n) is 8.99. The first kappa shape index (κ1) is 19.0. The molecule has 0 atom stereocenters. The highest BCUT2D eigenvalue weighted by atomic mass is 16.5. The number of nitrogens with zero attached hydrogens (tertiary/aromatic N) is 2. The fraction of sp³-hybridized carbons (Fsp3) is 0.130. The second-order valence-corrected chi connectivity index (χ2v) is 6.26. The quantitative estimate of drug-likeness (QED) is 0.647. The van der Waals surface area contributed by atoms with E-state index in [9.17, 15) is 4.79 Å². The molecule has 0 aliphatic carbocycles. The summed E-state index contributed by atoms with van der Waals surface area (Å²) in [5, 5.41) is 11.9. The van der Waals surface area contributed by atoms with Crippen LogP contribution in [0.2, 0.25) is 0 Å². The van der Waals surface area contributed by atoms with Crippen LogP contribution in [-0.4, -0.2) is 19.5 Å². The molecule has 0 heterocycles. The third kappa shape index (κ3) is 4.89. The van der Waals surface area contributed by atoms with E-state index in [1.54, 1.807) is 24.3 Å². The van der Waals surface area contributed by atoms with Gasteiger partial charge in [-0.1, -0.05) is 42.5 Å². The zero-order valence-electron chi connectivity index (χ0n) is 15.6. The monoisotopic (exact) mass is 371 g/mol. The zero-order chi connectivity index (χ0) is 19.8. The average molecular weight is 371 g/mol. The molecule has 1 N–H and O–H groups in total. The van der Waals surface area contributed by atoms with Crippen molar-refractivity contribution in [3.63, 3.8) is 0 Å². The highest BCUT2D eigenvalue weighted by molar-refractivity contribution is 5.92. The topological polar surface area (TPSA) is 65.4 Å². The standard InChI is InChI=1S/C23H21N3O2/c1-26(16-15-23(27)25-20-12-6-5-9-18(20)17-24)21-13-7-8-14-22(21)28-19-10-3-2-4-11-19/h2-14H,15-16H2,1H3,(H,25,27). The van der Waals surface area contributed by atoms with Gasteiger partial charge in [-0.3, -0.25) is 4.79 Å². The molecule has 140 valence electrons. The third-order valence-corrected chi connectivity index (χ3v) is 4.24. The third-order valence-electron chi connectivity index (χ3n) is 4.24. The van der Waals surface area contributed by atoms with Crippen molar-refractivity contribution in [3.8, 4) is 17.6 Å². The van der Waals surface area contributed by atoms with Crippen molar-refractivity contribution in [1.82, 2.24) is 0 Å². The molecule has 1 amide bonds. The van der Waals surface area contributed by atoms with E-state index >= 15 is 0 Å². The minimum absolute atomic E-state index is 0.143. The Bertz CT molecular complexity index is 980. The Hall–Kier alpha value is -3.78. The van der Waals surface area contributed by atoms with Crippen LogP contribution in [0.1, 0.15) is 12.0 Å². The summed E-state index contributed by atoms with van der Waals surface area (Å²) in [7, 11) is 1.92. The summed E-state index contributed by atoms with van der Waals surface area (Å²) in [5.74, 6) is 1.34. The first-order valence-corrected chi connectivity index (χ1v) is 8.99. The molecule has 3 aromatic rings. The number of benzene rings is 3. The van der Waals surface area contributed by atoms with Crippen molar-refractivity contribution in [1.29, 1.82) is 5.26 Å². The van der Waals surface area contributed by atoms with Crippen molar-refractivity contribution < 1.29 is 9.53 Å². The number of nitriles is 1. The summed E-state index contributed by atoms with van der Waals surface area (Å²) in [4.78, 5) is 14.3. The van der Waals surface area contributed by atoms with Crippen molar-refractivity contribution in [3.05, 3.63) is 84.4 Å². The zero-order valence-corrected chi connectivity index (χ0v) is 15.6. The van der Waals surface area contributed by atoms with Crippen LogP contribution in [0, 0.1) is 11.3 Å². The van der Waals surface area contributed by atoms with E-state index < -0.39 is 0 Å². The maximum Gasteiger partial charge on any atom is 0.226 e. The van der Waals surface area contributed by atoms with Gasteiger partial charge in [0.1, 0.15) is 11.8 Å². The Morgan fingerprint density at radius 2 is 1.68 bits per heavy atom. The molecule has 3 rings (SSSR count). The molecule has 5 heteroatoms. The molecular weight excluding hydrogens is 350 g/mol. The number of carbonyl (C=O) groups excluding carboxylic acids is 1. The van der Waals surface area contributed by atoms with E-state index in [0.717, 1.165) is 17.2 Å². The molecule has 28 heavy (non-hydrogen) atoms. The predicted molar refractivity (Wildman–Crippen MR) is 111 cm³/mol. The summed E-state index contributed by atoms with van der Waals surface area (Å²) < 4.78 is 5.99. The van der Waals surface area contributed by atoms with Crippen LogP contribution in [-0.2, 0) is 4.79 Å². The molecule has 3 aromatic carbocycles. The number of nitrogens with one attached hydrogen (secondary N) is 1. The number of hydrogen-bond donors (Lipinski definition) is 1. The molecule has 0 unspecified atom stereocenters. The molecular formula is C23H21N3O2. The molecule has 0 aromatic heterocycles. The second kappa shape index (κ2) is 9.24. The van der Waals surface area contributed by atoms with E-state index in [-0.39, 0.29) is 12.3 Å². The molecule has 0 radical (unpaired) electrons. The number of anilines is 2. The Labute approximate surface area is 164 Å². The number of para-hydroxylation sites is 4. The average Bonchev–Trinajstić information content (AvgIpc) is 2.73. The number of hydrogen-bond acceptors (Lipinski definition) is 4. The number of amides is 1. The van der Waals surface area contributed by atoms with Gasteiger partial charge in [0.25, 0.3) is 0 Å². The van der Waals surface area contributed by atoms with Gasteiger partial charge in [0.15, 0.2) is 5.75 Å². The summed E-state index contributed by atoms with van der Waals surface area (Å²) in [5.41, 5.74) is 1.88. The van der Waals surface area contributed by atoms with Gasteiger partial charge >= 0.3 is 0 Å². The first-order chi connectivity index (χ1) is 13.7. The summed E-state index contributed by atoms with van der Waals surface area (Å²) in [6.45, 7) is 0.510. The molecule has 0 saturated carbocycles. The van der Waals surface area contributed by atoms with E-state index in [0.29, 0.717) is 17.8 Å². The lowest BCUT2D eigenvalue weighted by Crippen LogP contribution is -2.24. The highest BCUT2D eigenvalue weighted by Crippen LogP contribution is 2.31. The molecule has 0 bridgehead atoms. The minimum atomic E-state index is -0.143. The van der Waals surface area contributed by atoms with Crippen molar-refractivity contribution in [2.24, 2.45) is 0 Å². The lowest BCUT2D eigenvalue weighted by Gasteiger charge is -2.22. The Kier molecular flexibility index (Phi) is 6.27. The number of carbonyl (C=O) groups is 1. The van der Waals surface area contributed by atoms with E-state index in [1.807, 2.05) is 66.5 Å². The number of ether oxygens (including phenoxy) is 1. The summed E-state index contributed by atoms with van der Waals surface area (Å²) >= 11 is 0. The molecule has 0 fully saturated rings. The fourth-order valence-corrected chi connectivity index (χ4v) is 2.77. The van der Waals surface area contributed by atoms with Crippen LogP contribution >= 0.6 is 0 Å². The normalized spacial score (nSPS) is 10.0. The lowest BCUT2D eigenvalue weighted by atomic mass is 10.2. The van der Waals surface area contributed by atoms with Gasteiger partial charge in [-0.25, -0.2) is 0 Å². The summed E-state index contributed by atoms with van der Waals surface area (Å²) in [6, 6.07) is 26.3. The molecule has 0 spiro atoms. The molecule has 0 aliphatic heterocycles. The molecule has 0 aliphatic rings. The van der Waals surface area contributed by atoms with Crippen LogP contribution in [0.25, 0.3) is 0 Å². The van der Waals surface area contributed by atoms with Gasteiger partial charge in [0.2, 0.25) is 5.91 Å². The van der Waals surface area contributed by atoms with Gasteiger partial charge in [-0.05, 0) is 36.4 Å². The van der Waals surface area contributed by atoms with Crippen molar-refractivity contribution in [2.45, 2.75) is 6.42 Å². The van der Waals surface area contributed by atoms with Gasteiger partial charge in [0, 0.05) is 20.0 Å². The van der Waals surface area contributed by atoms with Crippen molar-refractivity contribution >= 4 is 17.3 Å². The highest BCUT2D eigenvalue weighted by Gasteiger charge is 2.12. The Balaban J connectivity index is 1.63. The SMILES string of the molecule is CN(CCC(=O)Nc1ccccc1C#N)c1ccccc1Oc1ccccc1. The largest absolute Gasteiger partial charge is 0.455 e. The Morgan fingerprint density at radius 3 is 2.46 bits per heavy atom. The minimum Gasteiger partial charge on any atom is -0.455 e. The maximum atomic E-state index is 12.3. The van der Waals surface area contributed by atoms with Gasteiger partial charge in [0.05, 0.1) is 16.9 Å². The van der Waals surface area contributed by atoms with Crippen LogP contribution in [0.3, 0.4) is 0 Å². The molecule has 0 saturated heterocycles. The fourth-order valence-electron chi connectivity index (χ4n) is 2.77. The summed E-state index contributed by atoms with van der Waals surface area (Å²) in [6.07, 6.45) is 0.288. The van der Waals surface area contributed by atoms with Crippen LogP contribution in [0.4, 0.5) is 11.4 Å². The predicted octanol–water partition coefficient (Wildman–Crippen LogP) is 4.82. The van der Waals surface area contributed by atoms with Gasteiger partial charge < -0.3 is 15.0 Å².